The van der Waals surface area contributed by atoms with Gasteiger partial charge in [-0.2, -0.15) is 0 Å². The van der Waals surface area contributed by atoms with Gasteiger partial charge in [-0.1, -0.05) is 0 Å². The fourth-order valence-electron chi connectivity index (χ4n) is 2.35. The summed E-state index contributed by atoms with van der Waals surface area (Å²) in [5.74, 6) is 2.13. The van der Waals surface area contributed by atoms with Crippen molar-refractivity contribution in [2.24, 2.45) is 5.73 Å². The Morgan fingerprint density at radius 3 is 2.58 bits per heavy atom. The lowest BCUT2D eigenvalue weighted by Crippen LogP contribution is -2.49. The third-order valence-electron chi connectivity index (χ3n) is 3.36. The highest BCUT2D eigenvalue weighted by atomic mass is 16.2. The van der Waals surface area contributed by atoms with Crippen LogP contribution in [0.3, 0.4) is 0 Å². The zero-order valence-corrected chi connectivity index (χ0v) is 11.4. The number of amides is 2. The van der Waals surface area contributed by atoms with Crippen molar-refractivity contribution in [1.82, 2.24) is 10.2 Å². The SMILES string of the molecule is C#CCCCCC(=O)N(CC(N)=O)C1CCNCC1. The number of piperidine rings is 1. The van der Waals surface area contributed by atoms with E-state index in [-0.39, 0.29) is 18.5 Å². The zero-order valence-electron chi connectivity index (χ0n) is 11.4. The van der Waals surface area contributed by atoms with Crippen LogP contribution in [0.15, 0.2) is 0 Å². The van der Waals surface area contributed by atoms with Gasteiger partial charge >= 0.3 is 0 Å². The molecule has 0 bridgehead atoms. The Balaban J connectivity index is 2.49. The van der Waals surface area contributed by atoms with Crippen LogP contribution >= 0.6 is 0 Å². The second kappa shape index (κ2) is 8.54. The van der Waals surface area contributed by atoms with Crippen molar-refractivity contribution < 1.29 is 9.59 Å². The Kier molecular flexibility index (Phi) is 6.98. The minimum absolute atomic E-state index is 0.0164. The van der Waals surface area contributed by atoms with Crippen LogP contribution in [0.2, 0.25) is 0 Å². The minimum atomic E-state index is -0.449. The van der Waals surface area contributed by atoms with E-state index in [1.54, 1.807) is 4.90 Å². The molecule has 1 fully saturated rings. The molecule has 5 nitrogen and oxygen atoms in total. The number of hydrogen-bond acceptors (Lipinski definition) is 3. The first-order valence-corrected chi connectivity index (χ1v) is 6.87. The maximum Gasteiger partial charge on any atom is 0.237 e. The summed E-state index contributed by atoms with van der Waals surface area (Å²) in [6, 6.07) is 0.133. The van der Waals surface area contributed by atoms with Crippen molar-refractivity contribution in [1.29, 1.82) is 0 Å². The van der Waals surface area contributed by atoms with Gasteiger partial charge in [0.05, 0.1) is 6.54 Å². The number of carbonyl (C=O) groups is 2. The Labute approximate surface area is 114 Å². The molecule has 106 valence electrons. The standard InChI is InChI=1S/C14H23N3O2/c1-2-3-4-5-6-14(19)17(11-13(15)18)12-7-9-16-10-8-12/h1,12,16H,3-11H2,(H2,15,18). The highest BCUT2D eigenvalue weighted by molar-refractivity contribution is 5.84. The Hall–Kier alpha value is -1.54. The molecule has 0 aromatic carbocycles. The molecule has 0 spiro atoms. The molecule has 0 radical (unpaired) electrons. The predicted molar refractivity (Wildman–Crippen MR) is 74.1 cm³/mol. The van der Waals surface area contributed by atoms with Crippen molar-refractivity contribution >= 4 is 11.8 Å². The molecule has 0 aromatic heterocycles. The lowest BCUT2D eigenvalue weighted by molar-refractivity contribution is -0.138. The van der Waals surface area contributed by atoms with Crippen LogP contribution in [-0.4, -0.2) is 42.4 Å². The number of unbranched alkanes of at least 4 members (excludes halogenated alkanes) is 2. The molecule has 0 aromatic rings. The highest BCUT2D eigenvalue weighted by Gasteiger charge is 2.25. The van der Waals surface area contributed by atoms with Crippen LogP contribution in [0.1, 0.15) is 38.5 Å². The Bertz CT molecular complexity index is 343. The predicted octanol–water partition coefficient (Wildman–Crippen LogP) is 0.246. The number of carbonyl (C=O) groups excluding carboxylic acids is 2. The van der Waals surface area contributed by atoms with E-state index in [2.05, 4.69) is 11.2 Å². The van der Waals surface area contributed by atoms with E-state index in [1.165, 1.54) is 0 Å². The molecule has 5 heteroatoms. The maximum atomic E-state index is 12.2. The summed E-state index contributed by atoms with van der Waals surface area (Å²) in [5, 5.41) is 3.25. The van der Waals surface area contributed by atoms with Gasteiger partial charge in [0.1, 0.15) is 0 Å². The summed E-state index contributed by atoms with van der Waals surface area (Å²) in [4.78, 5) is 25.0. The summed E-state index contributed by atoms with van der Waals surface area (Å²) in [6.45, 7) is 1.78. The van der Waals surface area contributed by atoms with Gasteiger partial charge in [0.25, 0.3) is 0 Å². The molecule has 2 amide bonds. The first-order valence-electron chi connectivity index (χ1n) is 6.87. The molecule has 0 atom stereocenters. The summed E-state index contributed by atoms with van der Waals surface area (Å²) in [6.07, 6.45) is 9.68. The molecule has 0 aliphatic carbocycles. The smallest absolute Gasteiger partial charge is 0.237 e. The Morgan fingerprint density at radius 2 is 2.00 bits per heavy atom. The molecular formula is C14H23N3O2. The lowest BCUT2D eigenvalue weighted by Gasteiger charge is -2.34. The van der Waals surface area contributed by atoms with Crippen LogP contribution in [0.25, 0.3) is 0 Å². The molecule has 1 saturated heterocycles. The molecule has 0 unspecified atom stereocenters. The number of nitrogens with one attached hydrogen (secondary N) is 1. The van der Waals surface area contributed by atoms with E-state index in [0.717, 1.165) is 38.8 Å². The number of hydrogen-bond donors (Lipinski definition) is 2. The van der Waals surface area contributed by atoms with Crippen molar-refractivity contribution in [2.45, 2.75) is 44.6 Å². The molecular weight excluding hydrogens is 242 g/mol. The molecule has 0 saturated carbocycles. The van der Waals surface area contributed by atoms with E-state index in [4.69, 9.17) is 12.2 Å². The van der Waals surface area contributed by atoms with Gasteiger partial charge in [-0.25, -0.2) is 0 Å². The third kappa shape index (κ3) is 5.75. The van der Waals surface area contributed by atoms with Gasteiger partial charge in [0.2, 0.25) is 11.8 Å². The van der Waals surface area contributed by atoms with E-state index in [1.807, 2.05) is 0 Å². The van der Waals surface area contributed by atoms with Gasteiger partial charge < -0.3 is 16.0 Å². The fraction of sp³-hybridized carbons (Fsp3) is 0.714. The normalized spacial score (nSPS) is 15.7. The molecule has 1 aliphatic rings. The van der Waals surface area contributed by atoms with Crippen LogP contribution in [0, 0.1) is 12.3 Å². The molecule has 1 rings (SSSR count). The zero-order chi connectivity index (χ0) is 14.1. The van der Waals surface area contributed by atoms with Crippen molar-refractivity contribution in [3.63, 3.8) is 0 Å². The number of primary amides is 1. The summed E-state index contributed by atoms with van der Waals surface area (Å²) < 4.78 is 0. The summed E-state index contributed by atoms with van der Waals surface area (Å²) in [5.41, 5.74) is 5.24. The third-order valence-corrected chi connectivity index (χ3v) is 3.36. The Morgan fingerprint density at radius 1 is 1.32 bits per heavy atom. The van der Waals surface area contributed by atoms with Gasteiger partial charge in [0.15, 0.2) is 0 Å². The van der Waals surface area contributed by atoms with Crippen molar-refractivity contribution in [3.05, 3.63) is 0 Å². The number of terminal acetylenes is 1. The second-order valence-corrected chi connectivity index (χ2v) is 4.88. The van der Waals surface area contributed by atoms with Crippen LogP contribution in [0.4, 0.5) is 0 Å². The number of nitrogens with zero attached hydrogens (tertiary/aromatic N) is 1. The summed E-state index contributed by atoms with van der Waals surface area (Å²) in [7, 11) is 0. The second-order valence-electron chi connectivity index (χ2n) is 4.88. The molecule has 1 aliphatic heterocycles. The van der Waals surface area contributed by atoms with Crippen LogP contribution in [0.5, 0.6) is 0 Å². The van der Waals surface area contributed by atoms with Gasteiger partial charge in [-0.3, -0.25) is 9.59 Å². The quantitative estimate of drug-likeness (QED) is 0.511. The monoisotopic (exact) mass is 265 g/mol. The topological polar surface area (TPSA) is 75.4 Å². The largest absolute Gasteiger partial charge is 0.368 e. The minimum Gasteiger partial charge on any atom is -0.368 e. The van der Waals surface area contributed by atoms with Crippen molar-refractivity contribution in [3.8, 4) is 12.3 Å². The molecule has 1 heterocycles. The van der Waals surface area contributed by atoms with Gasteiger partial charge in [0, 0.05) is 18.9 Å². The number of nitrogens with two attached hydrogens (primary N) is 1. The first-order chi connectivity index (χ1) is 9.15. The van der Waals surface area contributed by atoms with Crippen LogP contribution < -0.4 is 11.1 Å². The highest BCUT2D eigenvalue weighted by Crippen LogP contribution is 2.14. The average molecular weight is 265 g/mol. The van der Waals surface area contributed by atoms with Gasteiger partial charge in [-0.05, 0) is 38.8 Å². The van der Waals surface area contributed by atoms with Gasteiger partial charge in [-0.15, -0.1) is 12.3 Å². The summed E-state index contributed by atoms with van der Waals surface area (Å²) >= 11 is 0. The van der Waals surface area contributed by atoms with E-state index < -0.39 is 5.91 Å². The molecule has 19 heavy (non-hydrogen) atoms. The van der Waals surface area contributed by atoms with E-state index in [0.29, 0.717) is 12.8 Å². The fourth-order valence-corrected chi connectivity index (χ4v) is 2.35. The van der Waals surface area contributed by atoms with E-state index >= 15 is 0 Å². The average Bonchev–Trinajstić information content (AvgIpc) is 2.41. The first kappa shape index (κ1) is 15.5. The lowest BCUT2D eigenvalue weighted by atomic mass is 10.0. The number of rotatable bonds is 7. The van der Waals surface area contributed by atoms with Crippen molar-refractivity contribution in [2.75, 3.05) is 19.6 Å². The van der Waals surface area contributed by atoms with E-state index in [9.17, 15) is 9.59 Å². The maximum absolute atomic E-state index is 12.2. The molecule has 3 N–H and O–H groups in total. The van der Waals surface area contributed by atoms with Crippen LogP contribution in [-0.2, 0) is 9.59 Å².